The number of hydrogen-bond acceptors (Lipinski definition) is 4. The van der Waals surface area contributed by atoms with Gasteiger partial charge in [0.1, 0.15) is 0 Å². The molecule has 0 aliphatic heterocycles. The van der Waals surface area contributed by atoms with Gasteiger partial charge in [0, 0.05) is 12.1 Å². The second kappa shape index (κ2) is 7.68. The summed E-state index contributed by atoms with van der Waals surface area (Å²) in [5.41, 5.74) is 0.346. The largest absolute Gasteiger partial charge is 0.391 e. The van der Waals surface area contributed by atoms with E-state index in [9.17, 15) is 18.3 Å². The highest BCUT2D eigenvalue weighted by Gasteiger charge is 2.20. The summed E-state index contributed by atoms with van der Waals surface area (Å²) in [6.45, 7) is 5.28. The summed E-state index contributed by atoms with van der Waals surface area (Å²) < 4.78 is 26.8. The van der Waals surface area contributed by atoms with Gasteiger partial charge >= 0.3 is 0 Å². The molecule has 6 heteroatoms. The van der Waals surface area contributed by atoms with E-state index in [0.717, 1.165) is 12.8 Å². The summed E-state index contributed by atoms with van der Waals surface area (Å²) in [4.78, 5) is 11.3. The van der Waals surface area contributed by atoms with E-state index in [-0.39, 0.29) is 23.1 Å². The fourth-order valence-electron chi connectivity index (χ4n) is 2.16. The normalized spacial score (nSPS) is 13.4. The van der Waals surface area contributed by atoms with Crippen molar-refractivity contribution in [1.29, 1.82) is 0 Å². The zero-order chi connectivity index (χ0) is 16.0. The number of nitrogens with one attached hydrogen (secondary N) is 1. The number of Topliss-reactive ketones (excluding diaryl/α,β-unsaturated/α-hetero) is 1. The average molecular weight is 313 g/mol. The number of sulfonamides is 1. The van der Waals surface area contributed by atoms with E-state index in [1.807, 2.05) is 13.8 Å². The predicted octanol–water partition coefficient (Wildman–Crippen LogP) is 1.96. The first-order valence-electron chi connectivity index (χ1n) is 7.10. The van der Waals surface area contributed by atoms with Crippen LogP contribution in [-0.2, 0) is 10.0 Å². The summed E-state index contributed by atoms with van der Waals surface area (Å²) in [6.07, 6.45) is 0.865. The third-order valence-corrected chi connectivity index (χ3v) is 5.05. The lowest BCUT2D eigenvalue weighted by molar-refractivity contribution is 0.101. The molecule has 0 aromatic heterocycles. The highest BCUT2D eigenvalue weighted by atomic mass is 32.2. The first-order valence-corrected chi connectivity index (χ1v) is 8.58. The Morgan fingerprint density at radius 2 is 1.90 bits per heavy atom. The Morgan fingerprint density at radius 3 is 2.43 bits per heavy atom. The van der Waals surface area contributed by atoms with Crippen LogP contribution in [0.4, 0.5) is 0 Å². The highest BCUT2D eigenvalue weighted by Crippen LogP contribution is 2.15. The highest BCUT2D eigenvalue weighted by molar-refractivity contribution is 7.89. The fraction of sp³-hybridized carbons (Fsp3) is 0.533. The Balaban J connectivity index is 2.82. The van der Waals surface area contributed by atoms with Crippen LogP contribution in [0.25, 0.3) is 0 Å². The van der Waals surface area contributed by atoms with Crippen LogP contribution in [-0.4, -0.2) is 32.0 Å². The Hall–Kier alpha value is -1.24. The van der Waals surface area contributed by atoms with Crippen LogP contribution < -0.4 is 4.72 Å². The topological polar surface area (TPSA) is 83.5 Å². The van der Waals surface area contributed by atoms with Crippen molar-refractivity contribution in [2.45, 2.75) is 44.6 Å². The zero-order valence-corrected chi connectivity index (χ0v) is 13.5. The molecule has 0 spiro atoms. The minimum atomic E-state index is -3.72. The van der Waals surface area contributed by atoms with Gasteiger partial charge < -0.3 is 5.11 Å². The SMILES string of the molecule is CCC(CC)C(O)CNS(=O)(=O)c1cccc(C(C)=O)c1. The molecule has 118 valence electrons. The minimum absolute atomic E-state index is 0.0288. The minimum Gasteiger partial charge on any atom is -0.391 e. The summed E-state index contributed by atoms with van der Waals surface area (Å²) in [6, 6.07) is 5.87. The van der Waals surface area contributed by atoms with Gasteiger partial charge in [-0.2, -0.15) is 0 Å². The van der Waals surface area contributed by atoms with E-state index in [2.05, 4.69) is 4.72 Å². The molecule has 21 heavy (non-hydrogen) atoms. The molecule has 0 amide bonds. The predicted molar refractivity (Wildman–Crippen MR) is 81.7 cm³/mol. The van der Waals surface area contributed by atoms with Crippen LogP contribution in [0.15, 0.2) is 29.2 Å². The van der Waals surface area contributed by atoms with Crippen molar-refractivity contribution in [2.24, 2.45) is 5.92 Å². The van der Waals surface area contributed by atoms with E-state index < -0.39 is 16.1 Å². The van der Waals surface area contributed by atoms with Crippen molar-refractivity contribution in [3.63, 3.8) is 0 Å². The maximum absolute atomic E-state index is 12.2. The summed E-state index contributed by atoms with van der Waals surface area (Å²) in [5, 5.41) is 9.98. The number of aliphatic hydroxyl groups excluding tert-OH is 1. The van der Waals surface area contributed by atoms with Crippen molar-refractivity contribution < 1.29 is 18.3 Å². The van der Waals surface area contributed by atoms with E-state index >= 15 is 0 Å². The number of benzene rings is 1. The standard InChI is InChI=1S/C15H23NO4S/c1-4-12(5-2)15(18)10-16-21(19,20)14-8-6-7-13(9-14)11(3)17/h6-9,12,15-16,18H,4-5,10H2,1-3H3. The molecular weight excluding hydrogens is 290 g/mol. The molecule has 1 unspecified atom stereocenters. The molecule has 0 radical (unpaired) electrons. The second-order valence-corrected chi connectivity index (χ2v) is 6.85. The quantitative estimate of drug-likeness (QED) is 0.719. The van der Waals surface area contributed by atoms with Crippen molar-refractivity contribution in [1.82, 2.24) is 4.72 Å². The zero-order valence-electron chi connectivity index (χ0n) is 12.7. The van der Waals surface area contributed by atoms with Crippen molar-refractivity contribution in [2.75, 3.05) is 6.54 Å². The van der Waals surface area contributed by atoms with Gasteiger partial charge in [-0.3, -0.25) is 4.79 Å². The molecule has 0 heterocycles. The van der Waals surface area contributed by atoms with Crippen molar-refractivity contribution in [3.05, 3.63) is 29.8 Å². The molecule has 0 saturated heterocycles. The lowest BCUT2D eigenvalue weighted by atomic mass is 9.97. The van der Waals surface area contributed by atoms with Crippen LogP contribution in [0.1, 0.15) is 44.0 Å². The number of rotatable bonds is 8. The molecule has 1 aromatic rings. The molecule has 0 bridgehead atoms. The lowest BCUT2D eigenvalue weighted by Crippen LogP contribution is -2.36. The summed E-state index contributed by atoms with van der Waals surface area (Å²) in [5.74, 6) is -0.125. The molecule has 1 aromatic carbocycles. The molecule has 0 aliphatic carbocycles. The van der Waals surface area contributed by atoms with E-state index in [0.29, 0.717) is 5.56 Å². The maximum atomic E-state index is 12.2. The average Bonchev–Trinajstić information content (AvgIpc) is 2.46. The Labute approximate surface area is 126 Å². The first-order chi connectivity index (χ1) is 9.81. The van der Waals surface area contributed by atoms with Crippen LogP contribution in [0.5, 0.6) is 0 Å². The molecule has 0 aliphatic rings. The molecule has 5 nitrogen and oxygen atoms in total. The van der Waals surface area contributed by atoms with E-state index in [1.54, 1.807) is 6.07 Å². The van der Waals surface area contributed by atoms with Gasteiger partial charge in [-0.25, -0.2) is 13.1 Å². The van der Waals surface area contributed by atoms with Crippen LogP contribution in [0.3, 0.4) is 0 Å². The summed E-state index contributed by atoms with van der Waals surface area (Å²) in [7, 11) is -3.72. The molecule has 1 rings (SSSR count). The Kier molecular flexibility index (Phi) is 6.51. The van der Waals surface area contributed by atoms with E-state index in [1.165, 1.54) is 25.1 Å². The third kappa shape index (κ3) is 4.91. The number of hydrogen-bond donors (Lipinski definition) is 2. The number of ketones is 1. The van der Waals surface area contributed by atoms with Gasteiger partial charge in [0.15, 0.2) is 5.78 Å². The van der Waals surface area contributed by atoms with Crippen LogP contribution in [0, 0.1) is 5.92 Å². The molecular formula is C15H23NO4S. The van der Waals surface area contributed by atoms with Crippen molar-refractivity contribution >= 4 is 15.8 Å². The Morgan fingerprint density at radius 1 is 1.29 bits per heavy atom. The van der Waals surface area contributed by atoms with Gasteiger partial charge in [-0.05, 0) is 25.0 Å². The van der Waals surface area contributed by atoms with E-state index in [4.69, 9.17) is 0 Å². The van der Waals surface area contributed by atoms with Gasteiger partial charge in [0.2, 0.25) is 10.0 Å². The van der Waals surface area contributed by atoms with Gasteiger partial charge in [-0.15, -0.1) is 0 Å². The lowest BCUT2D eigenvalue weighted by Gasteiger charge is -2.20. The fourth-order valence-corrected chi connectivity index (χ4v) is 3.26. The van der Waals surface area contributed by atoms with Gasteiger partial charge in [-0.1, -0.05) is 38.8 Å². The third-order valence-electron chi connectivity index (χ3n) is 3.63. The van der Waals surface area contributed by atoms with Crippen LogP contribution >= 0.6 is 0 Å². The van der Waals surface area contributed by atoms with Crippen molar-refractivity contribution in [3.8, 4) is 0 Å². The molecule has 2 N–H and O–H groups in total. The summed E-state index contributed by atoms with van der Waals surface area (Å²) >= 11 is 0. The second-order valence-electron chi connectivity index (χ2n) is 5.08. The first kappa shape index (κ1) is 17.8. The number of carbonyl (C=O) groups is 1. The molecule has 0 saturated carbocycles. The molecule has 0 fully saturated rings. The smallest absolute Gasteiger partial charge is 0.240 e. The number of aliphatic hydroxyl groups is 1. The van der Waals surface area contributed by atoms with Gasteiger partial charge in [0.25, 0.3) is 0 Å². The maximum Gasteiger partial charge on any atom is 0.240 e. The van der Waals surface area contributed by atoms with Gasteiger partial charge in [0.05, 0.1) is 11.0 Å². The number of carbonyl (C=O) groups excluding carboxylic acids is 1. The Bertz CT molecular complexity index is 579. The molecule has 1 atom stereocenters. The van der Waals surface area contributed by atoms with Crippen LogP contribution in [0.2, 0.25) is 0 Å². The monoisotopic (exact) mass is 313 g/mol.